The predicted molar refractivity (Wildman–Crippen MR) is 115 cm³/mol. The van der Waals surface area contributed by atoms with Gasteiger partial charge in [0.1, 0.15) is 0 Å². The van der Waals surface area contributed by atoms with Crippen LogP contribution in [0.5, 0.6) is 11.5 Å². The van der Waals surface area contributed by atoms with Gasteiger partial charge in [-0.05, 0) is 48.4 Å². The number of benzene rings is 2. The SMILES string of the molecule is COc1ccc(C(=O)NCC(=O)Nc2ccc(NC(=O)CC(C)C)cc2)cc1OC. The van der Waals surface area contributed by atoms with Crippen molar-refractivity contribution in [2.75, 3.05) is 31.4 Å². The van der Waals surface area contributed by atoms with Gasteiger partial charge in [-0.1, -0.05) is 13.8 Å². The van der Waals surface area contributed by atoms with Gasteiger partial charge in [-0.15, -0.1) is 0 Å². The molecule has 2 aromatic carbocycles. The molecule has 0 aromatic heterocycles. The maximum Gasteiger partial charge on any atom is 0.251 e. The Labute approximate surface area is 175 Å². The average molecular weight is 413 g/mol. The fourth-order valence-corrected chi connectivity index (χ4v) is 2.66. The van der Waals surface area contributed by atoms with Crippen molar-refractivity contribution < 1.29 is 23.9 Å². The number of rotatable bonds is 9. The lowest BCUT2D eigenvalue weighted by Gasteiger charge is -2.11. The van der Waals surface area contributed by atoms with Crippen molar-refractivity contribution >= 4 is 29.1 Å². The molecule has 0 bridgehead atoms. The number of nitrogens with one attached hydrogen (secondary N) is 3. The minimum Gasteiger partial charge on any atom is -0.493 e. The summed E-state index contributed by atoms with van der Waals surface area (Å²) in [5.74, 6) is 0.373. The van der Waals surface area contributed by atoms with E-state index in [1.54, 1.807) is 42.5 Å². The average Bonchev–Trinajstić information content (AvgIpc) is 2.72. The summed E-state index contributed by atoms with van der Waals surface area (Å²) < 4.78 is 10.3. The van der Waals surface area contributed by atoms with Gasteiger partial charge in [0.05, 0.1) is 20.8 Å². The van der Waals surface area contributed by atoms with E-state index >= 15 is 0 Å². The van der Waals surface area contributed by atoms with Crippen LogP contribution >= 0.6 is 0 Å². The lowest BCUT2D eigenvalue weighted by Crippen LogP contribution is -2.32. The second-order valence-electron chi connectivity index (χ2n) is 7.02. The maximum atomic E-state index is 12.3. The summed E-state index contributed by atoms with van der Waals surface area (Å²) in [6.07, 6.45) is 0.443. The molecule has 0 heterocycles. The molecule has 2 rings (SSSR count). The van der Waals surface area contributed by atoms with Crippen molar-refractivity contribution in [1.29, 1.82) is 0 Å². The van der Waals surface area contributed by atoms with Gasteiger partial charge in [-0.25, -0.2) is 0 Å². The highest BCUT2D eigenvalue weighted by atomic mass is 16.5. The number of methoxy groups -OCH3 is 2. The van der Waals surface area contributed by atoms with Crippen LogP contribution in [0.2, 0.25) is 0 Å². The molecule has 30 heavy (non-hydrogen) atoms. The third-order valence-corrected chi connectivity index (χ3v) is 4.10. The number of carbonyl (C=O) groups excluding carboxylic acids is 3. The highest BCUT2D eigenvalue weighted by Gasteiger charge is 2.12. The molecule has 8 nitrogen and oxygen atoms in total. The van der Waals surface area contributed by atoms with E-state index in [4.69, 9.17) is 9.47 Å². The summed E-state index contributed by atoms with van der Waals surface area (Å²) in [5, 5.41) is 8.05. The van der Waals surface area contributed by atoms with Gasteiger partial charge >= 0.3 is 0 Å². The number of hydrogen-bond donors (Lipinski definition) is 3. The number of ether oxygens (including phenoxy) is 2. The number of hydrogen-bond acceptors (Lipinski definition) is 5. The summed E-state index contributed by atoms with van der Waals surface area (Å²) in [4.78, 5) is 36.2. The van der Waals surface area contributed by atoms with Crippen LogP contribution in [-0.2, 0) is 9.59 Å². The third-order valence-electron chi connectivity index (χ3n) is 4.10. The molecule has 0 unspecified atom stereocenters. The van der Waals surface area contributed by atoms with Crippen molar-refractivity contribution in [3.63, 3.8) is 0 Å². The molecule has 8 heteroatoms. The van der Waals surface area contributed by atoms with Crippen LogP contribution in [0.15, 0.2) is 42.5 Å². The minimum absolute atomic E-state index is 0.0559. The Hall–Kier alpha value is -3.55. The van der Waals surface area contributed by atoms with Crippen LogP contribution in [0.25, 0.3) is 0 Å². The van der Waals surface area contributed by atoms with E-state index in [2.05, 4.69) is 16.0 Å². The maximum absolute atomic E-state index is 12.3. The van der Waals surface area contributed by atoms with Crippen molar-refractivity contribution in [2.24, 2.45) is 5.92 Å². The molecule has 160 valence electrons. The fourth-order valence-electron chi connectivity index (χ4n) is 2.66. The van der Waals surface area contributed by atoms with Crippen molar-refractivity contribution in [2.45, 2.75) is 20.3 Å². The normalized spacial score (nSPS) is 10.3. The molecule has 0 saturated heterocycles. The Morgan fingerprint density at radius 1 is 0.833 bits per heavy atom. The van der Waals surface area contributed by atoms with Crippen LogP contribution in [0.4, 0.5) is 11.4 Å². The Kier molecular flexibility index (Phi) is 8.22. The topological polar surface area (TPSA) is 106 Å². The van der Waals surface area contributed by atoms with Crippen molar-refractivity contribution in [1.82, 2.24) is 5.32 Å². The standard InChI is InChI=1S/C22H27N3O5/c1-14(2)11-20(26)24-16-6-8-17(9-7-16)25-21(27)13-23-22(28)15-5-10-18(29-3)19(12-15)30-4/h5-10,12,14H,11,13H2,1-4H3,(H,23,28)(H,24,26)(H,25,27). The molecule has 0 radical (unpaired) electrons. The molecule has 3 amide bonds. The van der Waals surface area contributed by atoms with E-state index < -0.39 is 5.91 Å². The van der Waals surface area contributed by atoms with Crippen LogP contribution in [-0.4, -0.2) is 38.5 Å². The lowest BCUT2D eigenvalue weighted by atomic mass is 10.1. The van der Waals surface area contributed by atoms with Gasteiger partial charge in [0, 0.05) is 23.4 Å². The fraction of sp³-hybridized carbons (Fsp3) is 0.318. The quantitative estimate of drug-likeness (QED) is 0.586. The Bertz CT molecular complexity index is 894. The number of carbonyl (C=O) groups is 3. The predicted octanol–water partition coefficient (Wildman–Crippen LogP) is 3.06. The zero-order valence-corrected chi connectivity index (χ0v) is 17.6. The molecule has 0 fully saturated rings. The molecule has 0 aliphatic heterocycles. The van der Waals surface area contributed by atoms with Crippen molar-refractivity contribution in [3.8, 4) is 11.5 Å². The second kappa shape index (κ2) is 10.8. The molecule has 0 aliphatic rings. The van der Waals surface area contributed by atoms with E-state index in [9.17, 15) is 14.4 Å². The second-order valence-corrected chi connectivity index (χ2v) is 7.02. The molecule has 3 N–H and O–H groups in total. The molecular formula is C22H27N3O5. The van der Waals surface area contributed by atoms with E-state index in [1.807, 2.05) is 13.8 Å². The molecular weight excluding hydrogens is 386 g/mol. The Morgan fingerprint density at radius 3 is 1.93 bits per heavy atom. The largest absolute Gasteiger partial charge is 0.493 e. The molecule has 2 aromatic rings. The first-order valence-electron chi connectivity index (χ1n) is 9.52. The van der Waals surface area contributed by atoms with Gasteiger partial charge in [-0.2, -0.15) is 0 Å². The van der Waals surface area contributed by atoms with E-state index in [1.165, 1.54) is 14.2 Å². The van der Waals surface area contributed by atoms with Crippen LogP contribution < -0.4 is 25.4 Å². The third kappa shape index (κ3) is 6.80. The van der Waals surface area contributed by atoms with E-state index in [-0.39, 0.29) is 24.3 Å². The minimum atomic E-state index is -0.408. The molecule has 0 spiro atoms. The highest BCUT2D eigenvalue weighted by molar-refractivity contribution is 5.99. The van der Waals surface area contributed by atoms with Crippen LogP contribution in [0.3, 0.4) is 0 Å². The Morgan fingerprint density at radius 2 is 1.40 bits per heavy atom. The summed E-state index contributed by atoms with van der Waals surface area (Å²) in [6.45, 7) is 3.75. The first kappa shape index (κ1) is 22.7. The van der Waals surface area contributed by atoms with Gasteiger partial charge in [0.25, 0.3) is 5.91 Å². The van der Waals surface area contributed by atoms with Gasteiger partial charge in [0.2, 0.25) is 11.8 Å². The molecule has 0 saturated carbocycles. The Balaban J connectivity index is 1.85. The van der Waals surface area contributed by atoms with Crippen molar-refractivity contribution in [3.05, 3.63) is 48.0 Å². The first-order valence-corrected chi connectivity index (χ1v) is 9.52. The smallest absolute Gasteiger partial charge is 0.251 e. The van der Waals surface area contributed by atoms with Gasteiger partial charge in [-0.3, -0.25) is 14.4 Å². The molecule has 0 atom stereocenters. The summed E-state index contributed by atoms with van der Waals surface area (Å²) in [7, 11) is 2.99. The zero-order valence-electron chi connectivity index (χ0n) is 17.6. The number of amides is 3. The lowest BCUT2D eigenvalue weighted by molar-refractivity contribution is -0.117. The van der Waals surface area contributed by atoms with E-state index in [0.717, 1.165) is 0 Å². The summed E-state index contributed by atoms with van der Waals surface area (Å²) in [5.41, 5.74) is 1.56. The van der Waals surface area contributed by atoms with Crippen LogP contribution in [0, 0.1) is 5.92 Å². The van der Waals surface area contributed by atoms with Gasteiger partial charge < -0.3 is 25.4 Å². The van der Waals surface area contributed by atoms with Gasteiger partial charge in [0.15, 0.2) is 11.5 Å². The molecule has 0 aliphatic carbocycles. The monoisotopic (exact) mass is 413 g/mol. The highest BCUT2D eigenvalue weighted by Crippen LogP contribution is 2.27. The first-order chi connectivity index (χ1) is 14.3. The number of anilines is 2. The summed E-state index contributed by atoms with van der Waals surface area (Å²) in [6, 6.07) is 11.5. The van der Waals surface area contributed by atoms with Crippen LogP contribution in [0.1, 0.15) is 30.6 Å². The van der Waals surface area contributed by atoms with E-state index in [0.29, 0.717) is 34.9 Å². The summed E-state index contributed by atoms with van der Waals surface area (Å²) >= 11 is 0. The zero-order chi connectivity index (χ0) is 22.1.